The van der Waals surface area contributed by atoms with Crippen LogP contribution >= 0.6 is 0 Å². The molecule has 2 aromatic carbocycles. The predicted octanol–water partition coefficient (Wildman–Crippen LogP) is 5.03. The van der Waals surface area contributed by atoms with E-state index in [2.05, 4.69) is 10.3 Å². The molecule has 0 radical (unpaired) electrons. The Morgan fingerprint density at radius 2 is 1.85 bits per heavy atom. The molecule has 10 heteroatoms. The number of amides is 2. The van der Waals surface area contributed by atoms with E-state index in [4.69, 9.17) is 0 Å². The predicted molar refractivity (Wildman–Crippen MR) is 136 cm³/mol. The lowest BCUT2D eigenvalue weighted by Gasteiger charge is -2.50. The molecule has 5 rings (SSSR count). The van der Waals surface area contributed by atoms with Crippen LogP contribution in [0, 0.1) is 11.2 Å². The molecule has 2 atom stereocenters. The van der Waals surface area contributed by atoms with E-state index in [-0.39, 0.29) is 29.7 Å². The third-order valence-electron chi connectivity index (χ3n) is 8.12. The molecule has 1 aromatic heterocycles. The van der Waals surface area contributed by atoms with Crippen LogP contribution in [0.25, 0.3) is 10.9 Å². The standard InChI is InChI=1S/C29H29F4N3O3/c1-27(2)16-36(15-17-3-5-19(6-4-17)29(31,32)33)12-11-28(27,39)22-8-9-23-21(25(22)30)13-18(14-34-23)20-7-10-24(37)35-26(20)38/h3-6,8-9,13-14,20,39H,7,10-12,15-16H2,1-2H3,(H,35,37,38)/t20-,28+/m0/s1. The van der Waals surface area contributed by atoms with Crippen LogP contribution in [0.2, 0.25) is 0 Å². The third-order valence-corrected chi connectivity index (χ3v) is 8.12. The van der Waals surface area contributed by atoms with E-state index >= 15 is 4.39 Å². The van der Waals surface area contributed by atoms with Crippen LogP contribution in [0.15, 0.2) is 48.7 Å². The molecule has 0 saturated carbocycles. The van der Waals surface area contributed by atoms with Crippen molar-refractivity contribution in [3.8, 4) is 0 Å². The molecule has 2 aliphatic heterocycles. The van der Waals surface area contributed by atoms with Crippen molar-refractivity contribution in [3.63, 3.8) is 0 Å². The van der Waals surface area contributed by atoms with E-state index in [9.17, 15) is 27.9 Å². The van der Waals surface area contributed by atoms with E-state index in [1.54, 1.807) is 18.2 Å². The fourth-order valence-electron chi connectivity index (χ4n) is 5.82. The number of carbonyl (C=O) groups excluding carboxylic acids is 2. The van der Waals surface area contributed by atoms with Gasteiger partial charge in [-0.05, 0) is 48.2 Å². The van der Waals surface area contributed by atoms with Gasteiger partial charge in [-0.25, -0.2) is 4.39 Å². The zero-order valence-electron chi connectivity index (χ0n) is 21.6. The lowest BCUT2D eigenvalue weighted by molar-refractivity contribution is -0.138. The first-order chi connectivity index (χ1) is 18.3. The van der Waals surface area contributed by atoms with Gasteiger partial charge in [-0.15, -0.1) is 0 Å². The zero-order valence-corrected chi connectivity index (χ0v) is 21.6. The van der Waals surface area contributed by atoms with Gasteiger partial charge in [0, 0.05) is 48.6 Å². The molecular weight excluding hydrogens is 514 g/mol. The highest BCUT2D eigenvalue weighted by atomic mass is 19.4. The fourth-order valence-corrected chi connectivity index (χ4v) is 5.82. The summed E-state index contributed by atoms with van der Waals surface area (Å²) in [5, 5.41) is 14.4. The monoisotopic (exact) mass is 543 g/mol. The van der Waals surface area contributed by atoms with Gasteiger partial charge in [0.2, 0.25) is 11.8 Å². The molecule has 3 aromatic rings. The van der Waals surface area contributed by atoms with Crippen molar-refractivity contribution in [1.29, 1.82) is 0 Å². The van der Waals surface area contributed by atoms with Gasteiger partial charge in [0.15, 0.2) is 0 Å². The van der Waals surface area contributed by atoms with E-state index in [0.717, 1.165) is 12.1 Å². The molecule has 2 fully saturated rings. The summed E-state index contributed by atoms with van der Waals surface area (Å²) < 4.78 is 54.8. The second-order valence-electron chi connectivity index (χ2n) is 11.2. The summed E-state index contributed by atoms with van der Waals surface area (Å²) in [5.41, 5.74) is -1.30. The molecule has 2 N–H and O–H groups in total. The number of imide groups is 1. The van der Waals surface area contributed by atoms with E-state index in [1.807, 2.05) is 18.7 Å². The van der Waals surface area contributed by atoms with Crippen LogP contribution in [-0.2, 0) is 27.9 Å². The normalized spacial score (nSPS) is 24.1. The summed E-state index contributed by atoms with van der Waals surface area (Å²) in [7, 11) is 0. The number of benzene rings is 2. The molecule has 0 spiro atoms. The summed E-state index contributed by atoms with van der Waals surface area (Å²) in [4.78, 5) is 30.3. The number of pyridine rings is 1. The molecule has 206 valence electrons. The number of nitrogens with one attached hydrogen (secondary N) is 1. The first-order valence-corrected chi connectivity index (χ1v) is 12.8. The molecule has 3 heterocycles. The van der Waals surface area contributed by atoms with Crippen molar-refractivity contribution in [2.45, 2.75) is 57.3 Å². The third kappa shape index (κ3) is 5.03. The smallest absolute Gasteiger partial charge is 0.384 e. The average molecular weight is 544 g/mol. The Labute approximate surface area is 223 Å². The van der Waals surface area contributed by atoms with Crippen molar-refractivity contribution in [2.75, 3.05) is 13.1 Å². The van der Waals surface area contributed by atoms with Crippen molar-refractivity contribution in [1.82, 2.24) is 15.2 Å². The number of hydrogen-bond acceptors (Lipinski definition) is 5. The summed E-state index contributed by atoms with van der Waals surface area (Å²) in [6.45, 7) is 4.88. The van der Waals surface area contributed by atoms with Crippen molar-refractivity contribution < 1.29 is 32.3 Å². The Bertz CT molecular complexity index is 1440. The minimum absolute atomic E-state index is 0.136. The number of halogens is 4. The maximum atomic E-state index is 16.1. The largest absolute Gasteiger partial charge is 0.416 e. The molecule has 0 unspecified atom stereocenters. The van der Waals surface area contributed by atoms with Gasteiger partial charge in [0.1, 0.15) is 5.82 Å². The summed E-state index contributed by atoms with van der Waals surface area (Å²) in [6, 6.07) is 9.77. The van der Waals surface area contributed by atoms with Gasteiger partial charge in [-0.2, -0.15) is 13.2 Å². The minimum Gasteiger partial charge on any atom is -0.384 e. The van der Waals surface area contributed by atoms with E-state index < -0.39 is 40.4 Å². The number of fused-ring (bicyclic) bond motifs is 1. The fraction of sp³-hybridized carbons (Fsp3) is 0.414. The number of nitrogens with zero attached hydrogens (tertiary/aromatic N) is 2. The molecule has 2 amide bonds. The van der Waals surface area contributed by atoms with Gasteiger partial charge in [-0.3, -0.25) is 24.8 Å². The van der Waals surface area contributed by atoms with Crippen LogP contribution < -0.4 is 5.32 Å². The van der Waals surface area contributed by atoms with Crippen LogP contribution in [0.3, 0.4) is 0 Å². The first kappa shape index (κ1) is 27.2. The summed E-state index contributed by atoms with van der Waals surface area (Å²) in [6.07, 6.45) is -2.17. The van der Waals surface area contributed by atoms with E-state index in [1.165, 1.54) is 18.3 Å². The Balaban J connectivity index is 1.40. The van der Waals surface area contributed by atoms with Gasteiger partial charge >= 0.3 is 6.18 Å². The SMILES string of the molecule is CC1(C)CN(Cc2ccc(C(F)(F)F)cc2)CC[C@@]1(O)c1ccc2ncc([C@@H]3CCC(=O)NC3=O)cc2c1F. The summed E-state index contributed by atoms with van der Waals surface area (Å²) >= 11 is 0. The topological polar surface area (TPSA) is 82.5 Å². The lowest BCUT2D eigenvalue weighted by Crippen LogP contribution is -2.55. The second kappa shape index (κ2) is 9.67. The number of aliphatic hydroxyl groups is 1. The number of likely N-dealkylation sites (tertiary alicyclic amines) is 1. The minimum atomic E-state index is -4.40. The highest BCUT2D eigenvalue weighted by Gasteiger charge is 2.50. The maximum absolute atomic E-state index is 16.1. The maximum Gasteiger partial charge on any atom is 0.416 e. The number of hydrogen-bond donors (Lipinski definition) is 2. The Kier molecular flexibility index (Phi) is 6.75. The summed E-state index contributed by atoms with van der Waals surface area (Å²) in [5.74, 6) is -2.01. The van der Waals surface area contributed by atoms with Crippen LogP contribution in [0.4, 0.5) is 17.6 Å². The number of alkyl halides is 3. The molecule has 39 heavy (non-hydrogen) atoms. The van der Waals surface area contributed by atoms with Crippen LogP contribution in [-0.4, -0.2) is 39.9 Å². The Morgan fingerprint density at radius 3 is 2.49 bits per heavy atom. The quantitative estimate of drug-likeness (QED) is 0.356. The highest BCUT2D eigenvalue weighted by molar-refractivity contribution is 6.01. The first-order valence-electron chi connectivity index (χ1n) is 12.8. The zero-order chi connectivity index (χ0) is 28.2. The van der Waals surface area contributed by atoms with Crippen molar-refractivity contribution in [3.05, 3.63) is 76.7 Å². The molecule has 2 aliphatic rings. The highest BCUT2D eigenvalue weighted by Crippen LogP contribution is 2.48. The van der Waals surface area contributed by atoms with Gasteiger partial charge in [0.25, 0.3) is 0 Å². The molecule has 2 saturated heterocycles. The lowest BCUT2D eigenvalue weighted by atomic mass is 9.66. The van der Waals surface area contributed by atoms with Crippen molar-refractivity contribution >= 4 is 22.7 Å². The number of piperidine rings is 2. The average Bonchev–Trinajstić information content (AvgIpc) is 2.86. The van der Waals surface area contributed by atoms with Crippen molar-refractivity contribution in [2.24, 2.45) is 5.41 Å². The number of rotatable bonds is 4. The number of carbonyl (C=O) groups is 2. The Hall–Kier alpha value is -3.37. The molecule has 0 aliphatic carbocycles. The molecule has 6 nitrogen and oxygen atoms in total. The van der Waals surface area contributed by atoms with Crippen LogP contribution in [0.5, 0.6) is 0 Å². The van der Waals surface area contributed by atoms with E-state index in [0.29, 0.717) is 42.7 Å². The number of aromatic nitrogens is 1. The van der Waals surface area contributed by atoms with Crippen LogP contribution in [0.1, 0.15) is 61.3 Å². The Morgan fingerprint density at radius 1 is 1.13 bits per heavy atom. The van der Waals surface area contributed by atoms with Gasteiger partial charge < -0.3 is 5.11 Å². The second-order valence-corrected chi connectivity index (χ2v) is 11.2. The molecule has 0 bridgehead atoms. The van der Waals surface area contributed by atoms with Gasteiger partial charge in [0.05, 0.1) is 22.6 Å². The van der Waals surface area contributed by atoms with Gasteiger partial charge in [-0.1, -0.05) is 32.0 Å². The molecular formula is C29H29F4N3O3.